The number of nitrogens with zero attached hydrogens (tertiary/aromatic N) is 2. The van der Waals surface area contributed by atoms with Gasteiger partial charge in [-0.15, -0.1) is 0 Å². The van der Waals surface area contributed by atoms with Crippen molar-refractivity contribution in [2.75, 3.05) is 11.9 Å². The zero-order valence-corrected chi connectivity index (χ0v) is 19.5. The number of benzene rings is 3. The number of carbonyl (C=O) groups excluding carboxylic acids is 1. The first kappa shape index (κ1) is 21.4. The van der Waals surface area contributed by atoms with Crippen LogP contribution in [0.3, 0.4) is 0 Å². The molecule has 0 aliphatic rings. The van der Waals surface area contributed by atoms with Crippen LogP contribution < -0.4 is 10.7 Å². The van der Waals surface area contributed by atoms with Crippen molar-refractivity contribution in [3.63, 3.8) is 0 Å². The van der Waals surface area contributed by atoms with E-state index < -0.39 is 0 Å². The quantitative estimate of drug-likeness (QED) is 0.184. The second-order valence-electron chi connectivity index (χ2n) is 6.97. The van der Waals surface area contributed by atoms with E-state index in [0.717, 1.165) is 36.3 Å². The van der Waals surface area contributed by atoms with Gasteiger partial charge in [0, 0.05) is 43.5 Å². The molecule has 31 heavy (non-hydrogen) atoms. The number of fused-ring (bicyclic) bond motifs is 1. The minimum absolute atomic E-state index is 0.145. The van der Waals surface area contributed by atoms with Crippen molar-refractivity contribution in [3.8, 4) is 0 Å². The van der Waals surface area contributed by atoms with E-state index in [9.17, 15) is 4.79 Å². The van der Waals surface area contributed by atoms with E-state index in [1.165, 1.54) is 0 Å². The predicted molar refractivity (Wildman–Crippen MR) is 136 cm³/mol. The number of hydrogen-bond acceptors (Lipinski definition) is 3. The van der Waals surface area contributed by atoms with E-state index in [2.05, 4.69) is 49.1 Å². The van der Waals surface area contributed by atoms with Crippen LogP contribution in [-0.2, 0) is 11.3 Å². The Morgan fingerprint density at radius 3 is 2.58 bits per heavy atom. The van der Waals surface area contributed by atoms with E-state index in [-0.39, 0.29) is 12.5 Å². The van der Waals surface area contributed by atoms with Crippen molar-refractivity contribution < 1.29 is 4.79 Å². The van der Waals surface area contributed by atoms with Crippen molar-refractivity contribution in [2.24, 2.45) is 5.10 Å². The summed E-state index contributed by atoms with van der Waals surface area (Å²) in [5, 5.41) is 9.03. The van der Waals surface area contributed by atoms with E-state index >= 15 is 0 Å². The molecule has 7 heteroatoms. The molecule has 0 saturated heterocycles. The molecule has 0 radical (unpaired) electrons. The molecule has 4 rings (SSSR count). The van der Waals surface area contributed by atoms with Crippen LogP contribution in [0.15, 0.2) is 84.1 Å². The normalized spacial score (nSPS) is 11.2. The third-order valence-electron chi connectivity index (χ3n) is 4.81. The van der Waals surface area contributed by atoms with Crippen molar-refractivity contribution in [1.29, 1.82) is 0 Å². The first-order valence-electron chi connectivity index (χ1n) is 9.73. The molecule has 1 heterocycles. The van der Waals surface area contributed by atoms with Gasteiger partial charge in [0.15, 0.2) is 0 Å². The van der Waals surface area contributed by atoms with Gasteiger partial charge >= 0.3 is 0 Å². The lowest BCUT2D eigenvalue weighted by atomic mass is 10.2. The summed E-state index contributed by atoms with van der Waals surface area (Å²) in [5.74, 6) is -0.213. The van der Waals surface area contributed by atoms with Crippen LogP contribution in [0.25, 0.3) is 10.9 Å². The lowest BCUT2D eigenvalue weighted by Crippen LogP contribution is -2.25. The molecule has 156 valence electrons. The van der Waals surface area contributed by atoms with Crippen LogP contribution >= 0.6 is 34.2 Å². The van der Waals surface area contributed by atoms with Gasteiger partial charge in [0.2, 0.25) is 0 Å². The van der Waals surface area contributed by atoms with Gasteiger partial charge in [-0.05, 0) is 64.6 Å². The molecule has 2 N–H and O–H groups in total. The number of aromatic nitrogens is 1. The van der Waals surface area contributed by atoms with Crippen molar-refractivity contribution in [1.82, 2.24) is 9.99 Å². The van der Waals surface area contributed by atoms with E-state index in [0.29, 0.717) is 6.54 Å². The Bertz CT molecular complexity index is 1230. The molecule has 0 atom stereocenters. The summed E-state index contributed by atoms with van der Waals surface area (Å²) in [5.41, 5.74) is 6.52. The van der Waals surface area contributed by atoms with Crippen molar-refractivity contribution in [3.05, 3.63) is 98.7 Å². The maximum absolute atomic E-state index is 12.1. The maximum Gasteiger partial charge on any atom is 0.259 e. The fraction of sp³-hybridized carbons (Fsp3) is 0.0833. The molecule has 0 aliphatic carbocycles. The molecular formula is C24H20ClIN4O. The number of carbonyl (C=O) groups is 1. The van der Waals surface area contributed by atoms with E-state index in [1.807, 2.05) is 72.9 Å². The molecule has 0 bridgehead atoms. The summed E-state index contributed by atoms with van der Waals surface area (Å²) in [4.78, 5) is 12.1. The molecular weight excluding hydrogens is 523 g/mol. The third-order valence-corrected chi connectivity index (χ3v) is 5.90. The van der Waals surface area contributed by atoms with Crippen LogP contribution in [0, 0.1) is 3.57 Å². The summed E-state index contributed by atoms with van der Waals surface area (Å²) in [6.45, 7) is 0.798. The molecule has 1 aromatic heterocycles. The van der Waals surface area contributed by atoms with Gasteiger partial charge in [0.25, 0.3) is 5.91 Å². The molecule has 3 aromatic carbocycles. The second kappa shape index (κ2) is 9.98. The van der Waals surface area contributed by atoms with E-state index in [1.54, 1.807) is 6.21 Å². The molecule has 0 saturated carbocycles. The van der Waals surface area contributed by atoms with Gasteiger partial charge in [-0.1, -0.05) is 48.0 Å². The first-order chi connectivity index (χ1) is 15.1. The molecule has 4 aromatic rings. The Morgan fingerprint density at radius 2 is 1.77 bits per heavy atom. The standard InChI is InChI=1S/C24H20ClIN4O/c25-22-7-3-1-5-17(22)15-30-16-18(21-6-2-4-8-23(21)30)13-28-29-24(31)14-27-20-11-9-19(26)10-12-20/h1-13,16,27H,14-15H2,(H,29,31)/b28-13-. The minimum atomic E-state index is -0.213. The topological polar surface area (TPSA) is 58.4 Å². The van der Waals surface area contributed by atoms with Crippen LogP contribution in [-0.4, -0.2) is 23.2 Å². The number of amides is 1. The monoisotopic (exact) mass is 542 g/mol. The minimum Gasteiger partial charge on any atom is -0.376 e. The third kappa shape index (κ3) is 5.45. The Kier molecular flexibility index (Phi) is 6.89. The number of nitrogens with one attached hydrogen (secondary N) is 2. The SMILES string of the molecule is O=C(CNc1ccc(I)cc1)N/N=C\c1cn(Cc2ccccc2Cl)c2ccccc12. The highest BCUT2D eigenvalue weighted by Gasteiger charge is 2.09. The summed E-state index contributed by atoms with van der Waals surface area (Å²) in [6.07, 6.45) is 3.70. The van der Waals surface area contributed by atoms with Gasteiger partial charge in [0.05, 0.1) is 12.8 Å². The van der Waals surface area contributed by atoms with Crippen molar-refractivity contribution >= 4 is 62.9 Å². The Morgan fingerprint density at radius 1 is 1.03 bits per heavy atom. The summed E-state index contributed by atoms with van der Waals surface area (Å²) in [7, 11) is 0. The molecule has 0 fully saturated rings. The Balaban J connectivity index is 1.44. The second-order valence-corrected chi connectivity index (χ2v) is 8.63. The number of hydrazone groups is 1. The zero-order chi connectivity index (χ0) is 21.6. The van der Waals surface area contributed by atoms with Crippen LogP contribution in [0.5, 0.6) is 0 Å². The number of rotatable bonds is 7. The summed E-state index contributed by atoms with van der Waals surface area (Å²) in [6, 6.07) is 23.8. The Hall–Kier alpha value is -2.84. The molecule has 5 nitrogen and oxygen atoms in total. The average molecular weight is 543 g/mol. The number of para-hydroxylation sites is 1. The molecule has 0 unspecified atom stereocenters. The number of halogens is 2. The summed E-state index contributed by atoms with van der Waals surface area (Å²) < 4.78 is 3.28. The zero-order valence-electron chi connectivity index (χ0n) is 16.6. The van der Waals surface area contributed by atoms with Gasteiger partial charge in [-0.25, -0.2) is 5.43 Å². The highest BCUT2D eigenvalue weighted by atomic mass is 127. The van der Waals surface area contributed by atoms with Gasteiger partial charge < -0.3 is 9.88 Å². The molecule has 1 amide bonds. The average Bonchev–Trinajstić information content (AvgIpc) is 3.12. The van der Waals surface area contributed by atoms with Crippen LogP contribution in [0.2, 0.25) is 5.02 Å². The Labute approximate surface area is 199 Å². The van der Waals surface area contributed by atoms with Crippen molar-refractivity contribution in [2.45, 2.75) is 6.54 Å². The molecule has 0 spiro atoms. The highest BCUT2D eigenvalue weighted by Crippen LogP contribution is 2.23. The highest BCUT2D eigenvalue weighted by molar-refractivity contribution is 14.1. The lowest BCUT2D eigenvalue weighted by molar-refractivity contribution is -0.119. The van der Waals surface area contributed by atoms with Crippen LogP contribution in [0.1, 0.15) is 11.1 Å². The summed E-state index contributed by atoms with van der Waals surface area (Å²) >= 11 is 8.58. The lowest BCUT2D eigenvalue weighted by Gasteiger charge is -2.07. The number of anilines is 1. The molecule has 0 aliphatic heterocycles. The fourth-order valence-corrected chi connectivity index (χ4v) is 3.84. The van der Waals surface area contributed by atoms with Crippen LogP contribution in [0.4, 0.5) is 5.69 Å². The van der Waals surface area contributed by atoms with Gasteiger partial charge in [-0.2, -0.15) is 5.10 Å². The van der Waals surface area contributed by atoms with Gasteiger partial charge in [-0.3, -0.25) is 4.79 Å². The predicted octanol–water partition coefficient (Wildman–Crippen LogP) is 5.51. The van der Waals surface area contributed by atoms with E-state index in [4.69, 9.17) is 11.6 Å². The fourth-order valence-electron chi connectivity index (χ4n) is 3.28. The first-order valence-corrected chi connectivity index (χ1v) is 11.2. The smallest absolute Gasteiger partial charge is 0.259 e. The number of hydrogen-bond donors (Lipinski definition) is 2. The maximum atomic E-state index is 12.1. The largest absolute Gasteiger partial charge is 0.376 e. The van der Waals surface area contributed by atoms with Gasteiger partial charge in [0.1, 0.15) is 0 Å².